The number of ether oxygens (including phenoxy) is 1. The smallest absolute Gasteiger partial charge is 0.408 e. The van der Waals surface area contributed by atoms with Crippen LogP contribution in [0.2, 0.25) is 0 Å². The average Bonchev–Trinajstić information content (AvgIpc) is 3.22. The van der Waals surface area contributed by atoms with Crippen LogP contribution >= 0.6 is 0 Å². The molecule has 11 heteroatoms. The highest BCUT2D eigenvalue weighted by molar-refractivity contribution is 5.90. The van der Waals surface area contributed by atoms with Gasteiger partial charge in [0.15, 0.2) is 0 Å². The number of alkyl carbamates (subject to hydrolysis) is 1. The highest BCUT2D eigenvalue weighted by Crippen LogP contribution is 2.48. The quantitative estimate of drug-likeness (QED) is 0.549. The number of aromatic carboxylic acids is 1. The highest BCUT2D eigenvalue weighted by Gasteiger charge is 2.57. The van der Waals surface area contributed by atoms with Crippen LogP contribution in [0, 0.1) is 17.2 Å². The topological polar surface area (TPSA) is 143 Å². The number of fused-ring (bicyclic) bond motifs is 4. The third-order valence-corrected chi connectivity index (χ3v) is 9.00. The number of likely N-dealkylation sites (tertiary alicyclic amines) is 3. The first kappa shape index (κ1) is 26.6. The third kappa shape index (κ3) is 4.58. The zero-order valence-corrected chi connectivity index (χ0v) is 23.0. The number of nitrogens with one attached hydrogen (secondary N) is 1. The van der Waals surface area contributed by atoms with Crippen LogP contribution in [0.25, 0.3) is 0 Å². The van der Waals surface area contributed by atoms with E-state index in [9.17, 15) is 29.5 Å². The molecule has 4 fully saturated rings. The Morgan fingerprint density at radius 1 is 1.20 bits per heavy atom. The van der Waals surface area contributed by atoms with Crippen molar-refractivity contribution in [3.05, 3.63) is 34.9 Å². The normalized spacial score (nSPS) is 31.0. The summed E-state index contributed by atoms with van der Waals surface area (Å²) in [5.74, 6) is -0.921. The van der Waals surface area contributed by atoms with Crippen LogP contribution in [0.5, 0.6) is 0 Å². The molecule has 5 aliphatic rings. The molecule has 3 aliphatic heterocycles. The van der Waals surface area contributed by atoms with Crippen LogP contribution in [0.4, 0.5) is 4.79 Å². The van der Waals surface area contributed by atoms with Gasteiger partial charge in [-0.05, 0) is 82.1 Å². The van der Waals surface area contributed by atoms with Gasteiger partial charge >= 0.3 is 12.1 Å². The van der Waals surface area contributed by atoms with Crippen molar-refractivity contribution in [3.63, 3.8) is 0 Å². The summed E-state index contributed by atoms with van der Waals surface area (Å²) in [5.41, 5.74) is 1.49. The number of piperidine rings is 1. The van der Waals surface area contributed by atoms with E-state index < -0.39 is 35.8 Å². The maximum absolute atomic E-state index is 13.8. The molecule has 40 heavy (non-hydrogen) atoms. The van der Waals surface area contributed by atoms with Crippen molar-refractivity contribution in [1.29, 1.82) is 5.26 Å². The molecule has 11 nitrogen and oxygen atoms in total. The molecule has 212 valence electrons. The van der Waals surface area contributed by atoms with Crippen molar-refractivity contribution in [2.75, 3.05) is 13.1 Å². The lowest BCUT2D eigenvalue weighted by molar-refractivity contribution is -0.141. The lowest BCUT2D eigenvalue weighted by atomic mass is 10.0. The second-order valence-corrected chi connectivity index (χ2v) is 12.8. The fraction of sp³-hybridized carbons (Fsp3) is 0.621. The van der Waals surface area contributed by atoms with Crippen LogP contribution in [0.3, 0.4) is 0 Å². The number of piperazine rings is 1. The van der Waals surface area contributed by atoms with Crippen molar-refractivity contribution in [3.8, 4) is 6.07 Å². The summed E-state index contributed by atoms with van der Waals surface area (Å²) in [4.78, 5) is 57.1. The Bertz CT molecular complexity index is 1320. The number of benzene rings is 1. The molecule has 2 bridgehead atoms. The van der Waals surface area contributed by atoms with E-state index >= 15 is 0 Å². The number of carbonyl (C=O) groups excluding carboxylic acids is 3. The lowest BCUT2D eigenvalue weighted by Crippen LogP contribution is -2.59. The van der Waals surface area contributed by atoms with Gasteiger partial charge in [0.1, 0.15) is 17.7 Å². The van der Waals surface area contributed by atoms with E-state index in [-0.39, 0.29) is 42.0 Å². The molecular weight excluding hydrogens is 514 g/mol. The number of nitriles is 1. The van der Waals surface area contributed by atoms with Crippen molar-refractivity contribution >= 4 is 23.9 Å². The van der Waals surface area contributed by atoms with Crippen LogP contribution in [-0.2, 0) is 20.7 Å². The Hall–Kier alpha value is -3.65. The number of nitrogens with zero attached hydrogens (tertiary/aromatic N) is 4. The van der Waals surface area contributed by atoms with E-state index in [1.807, 2.05) is 15.9 Å². The van der Waals surface area contributed by atoms with E-state index in [1.165, 1.54) is 0 Å². The van der Waals surface area contributed by atoms with Crippen LogP contribution < -0.4 is 5.32 Å². The zero-order chi connectivity index (χ0) is 28.5. The number of carboxylic acids is 1. The van der Waals surface area contributed by atoms with Crippen LogP contribution in [-0.4, -0.2) is 92.6 Å². The molecule has 2 N–H and O–H groups in total. The van der Waals surface area contributed by atoms with Gasteiger partial charge in [-0.25, -0.2) is 9.59 Å². The van der Waals surface area contributed by atoms with E-state index in [1.54, 1.807) is 37.8 Å². The molecule has 6 rings (SSSR count). The predicted molar refractivity (Wildman–Crippen MR) is 141 cm³/mol. The van der Waals surface area contributed by atoms with Gasteiger partial charge in [-0.2, -0.15) is 5.26 Å². The first-order valence-corrected chi connectivity index (χ1v) is 14.1. The molecule has 0 radical (unpaired) electrons. The molecule has 3 unspecified atom stereocenters. The monoisotopic (exact) mass is 549 g/mol. The third-order valence-electron chi connectivity index (χ3n) is 9.00. The van der Waals surface area contributed by atoms with Crippen LogP contribution in [0.1, 0.15) is 74.0 Å². The van der Waals surface area contributed by atoms with Gasteiger partial charge in [0.2, 0.25) is 11.8 Å². The number of aryl methyl sites for hydroxylation is 1. The Morgan fingerprint density at radius 2 is 1.98 bits per heavy atom. The fourth-order valence-corrected chi connectivity index (χ4v) is 7.26. The Morgan fingerprint density at radius 3 is 2.65 bits per heavy atom. The zero-order valence-electron chi connectivity index (χ0n) is 23.0. The first-order valence-electron chi connectivity index (χ1n) is 14.1. The molecule has 1 aromatic rings. The van der Waals surface area contributed by atoms with Crippen molar-refractivity contribution in [1.82, 2.24) is 20.0 Å². The maximum atomic E-state index is 13.8. The molecule has 3 heterocycles. The number of hydrogen-bond donors (Lipinski definition) is 2. The Labute approximate surface area is 233 Å². The number of carbonyl (C=O) groups is 4. The summed E-state index contributed by atoms with van der Waals surface area (Å²) in [6.07, 6.45) is 2.95. The standard InChI is InChI=1S/C29H35N5O6/c1-29(2,3)40-28(39)31-21(25(35)33-18(12-30)9-17-10-23(17)33)14-32-13-19-11-24(32)26(36)34(19)22-7-5-15-8-16(27(37)38)4-6-20(15)22/h4,6,8,17-19,21-24H,5,7,9-11,13-14H2,1-3H3,(H,31,39)(H,37,38)/t17-,18?,19+,21?,22+,23+,24?/m1/s1. The van der Waals surface area contributed by atoms with Gasteiger partial charge in [-0.1, -0.05) is 6.07 Å². The molecule has 1 aromatic carbocycles. The van der Waals surface area contributed by atoms with Crippen molar-refractivity contribution in [2.24, 2.45) is 5.92 Å². The summed E-state index contributed by atoms with van der Waals surface area (Å²) in [6, 6.07) is 5.45. The van der Waals surface area contributed by atoms with Crippen LogP contribution in [0.15, 0.2) is 18.2 Å². The minimum Gasteiger partial charge on any atom is -0.478 e. The molecule has 0 aromatic heterocycles. The SMILES string of the molecule is CC(C)(C)OC(=O)NC(CN1C[C@@H]2CC1C(=O)N2[C@H]1CCc2cc(C(=O)O)ccc21)C(=O)N1C(C#N)C[C@@H]2C[C@@H]21. The van der Waals surface area contributed by atoms with E-state index in [0.29, 0.717) is 25.3 Å². The summed E-state index contributed by atoms with van der Waals surface area (Å²) in [5, 5.41) is 21.7. The van der Waals surface area contributed by atoms with E-state index in [0.717, 1.165) is 30.4 Å². The molecular formula is C29H35N5O6. The second kappa shape index (κ2) is 9.47. The molecule has 3 saturated heterocycles. The molecule has 7 atom stereocenters. The number of amides is 3. The second-order valence-electron chi connectivity index (χ2n) is 12.8. The van der Waals surface area contributed by atoms with Gasteiger partial charge < -0.3 is 25.0 Å². The number of rotatable bonds is 6. The molecule has 1 saturated carbocycles. The first-order chi connectivity index (χ1) is 18.9. The Kier molecular flexibility index (Phi) is 6.29. The summed E-state index contributed by atoms with van der Waals surface area (Å²) < 4.78 is 5.44. The summed E-state index contributed by atoms with van der Waals surface area (Å²) in [6.45, 7) is 5.99. The average molecular weight is 550 g/mol. The van der Waals surface area contributed by atoms with E-state index in [4.69, 9.17) is 4.74 Å². The van der Waals surface area contributed by atoms with Gasteiger partial charge in [-0.15, -0.1) is 0 Å². The highest BCUT2D eigenvalue weighted by atomic mass is 16.6. The predicted octanol–water partition coefficient (Wildman–Crippen LogP) is 2.06. The van der Waals surface area contributed by atoms with Gasteiger partial charge in [0, 0.05) is 25.2 Å². The lowest BCUT2D eigenvalue weighted by Gasteiger charge is -2.39. The minimum absolute atomic E-state index is 0.00166. The largest absolute Gasteiger partial charge is 0.478 e. The fourth-order valence-electron chi connectivity index (χ4n) is 7.26. The van der Waals surface area contributed by atoms with Gasteiger partial charge in [-0.3, -0.25) is 14.5 Å². The van der Waals surface area contributed by atoms with Crippen molar-refractivity contribution < 1.29 is 29.0 Å². The number of hydrogen-bond acceptors (Lipinski definition) is 7. The van der Waals surface area contributed by atoms with Gasteiger partial charge in [0.05, 0.1) is 23.7 Å². The van der Waals surface area contributed by atoms with Crippen molar-refractivity contribution in [2.45, 2.75) is 94.7 Å². The summed E-state index contributed by atoms with van der Waals surface area (Å²) >= 11 is 0. The Balaban J connectivity index is 1.18. The molecule has 0 spiro atoms. The minimum atomic E-state index is -0.963. The molecule has 2 aliphatic carbocycles. The summed E-state index contributed by atoms with van der Waals surface area (Å²) in [7, 11) is 0. The number of carboxylic acid groups (broad SMARTS) is 1. The molecule has 3 amide bonds. The van der Waals surface area contributed by atoms with E-state index in [2.05, 4.69) is 11.4 Å². The maximum Gasteiger partial charge on any atom is 0.408 e. The van der Waals surface area contributed by atoms with Gasteiger partial charge in [0.25, 0.3) is 0 Å².